The van der Waals surface area contributed by atoms with Crippen LogP contribution in [0.2, 0.25) is 18.1 Å². The van der Waals surface area contributed by atoms with E-state index in [0.29, 0.717) is 28.8 Å². The molecule has 0 aromatic rings. The van der Waals surface area contributed by atoms with Crippen LogP contribution in [0.3, 0.4) is 0 Å². The molecule has 0 spiro atoms. The van der Waals surface area contributed by atoms with Crippen LogP contribution in [0.1, 0.15) is 126 Å². The van der Waals surface area contributed by atoms with E-state index in [0.717, 1.165) is 36.5 Å². The lowest BCUT2D eigenvalue weighted by atomic mass is 9.44. The van der Waals surface area contributed by atoms with Gasteiger partial charge < -0.3 is 9.16 Å². The zero-order valence-corrected chi connectivity index (χ0v) is 27.8. The maximum Gasteiger partial charge on any atom is 0.308 e. The van der Waals surface area contributed by atoms with Crippen LogP contribution in [0.15, 0.2) is 0 Å². The Morgan fingerprint density at radius 2 is 1.58 bits per heavy atom. The maximum atomic E-state index is 13.1. The maximum absolute atomic E-state index is 13.1. The number of carbonyl (C=O) groups is 1. The summed E-state index contributed by atoms with van der Waals surface area (Å²) in [7, 11) is -0.113. The van der Waals surface area contributed by atoms with E-state index >= 15 is 0 Å². The number of methoxy groups -OCH3 is 1. The predicted octanol–water partition coefficient (Wildman–Crippen LogP) is 9.65. The Balaban J connectivity index is 1.46. The largest absolute Gasteiger partial charge is 0.469 e. The van der Waals surface area contributed by atoms with E-state index in [-0.39, 0.29) is 16.9 Å². The Morgan fingerprint density at radius 3 is 2.21 bits per heavy atom. The van der Waals surface area contributed by atoms with Gasteiger partial charge in [-0.25, -0.2) is 0 Å². The second kappa shape index (κ2) is 11.1. The van der Waals surface area contributed by atoms with Gasteiger partial charge in [-0.3, -0.25) is 4.79 Å². The number of rotatable bonds is 8. The van der Waals surface area contributed by atoms with E-state index in [1.807, 2.05) is 0 Å². The zero-order chi connectivity index (χ0) is 28.1. The molecule has 4 heteroatoms. The highest BCUT2D eigenvalue weighted by Crippen LogP contribution is 2.68. The molecule has 0 saturated heterocycles. The van der Waals surface area contributed by atoms with Crippen LogP contribution >= 0.6 is 0 Å². The molecule has 0 N–H and O–H groups in total. The first-order valence-electron chi connectivity index (χ1n) is 16.4. The summed E-state index contributed by atoms with van der Waals surface area (Å²) >= 11 is 0. The summed E-state index contributed by atoms with van der Waals surface area (Å²) in [5.41, 5.74) is 0.790. The van der Waals surface area contributed by atoms with E-state index in [2.05, 4.69) is 61.6 Å². The number of carbonyl (C=O) groups excluding carboxylic acids is 1. The minimum absolute atomic E-state index is 0.0680. The van der Waals surface area contributed by atoms with Gasteiger partial charge in [0.2, 0.25) is 0 Å². The van der Waals surface area contributed by atoms with Crippen molar-refractivity contribution in [2.75, 3.05) is 7.11 Å². The molecule has 4 rings (SSSR count). The lowest BCUT2D eigenvalue weighted by molar-refractivity contribution is -0.154. The van der Waals surface area contributed by atoms with Crippen LogP contribution in [0.4, 0.5) is 0 Å². The average molecular weight is 547 g/mol. The topological polar surface area (TPSA) is 35.5 Å². The first-order valence-corrected chi connectivity index (χ1v) is 19.3. The summed E-state index contributed by atoms with van der Waals surface area (Å²) in [6.07, 6.45) is 15.8. The molecule has 0 radical (unpaired) electrons. The minimum Gasteiger partial charge on any atom is -0.469 e. The molecular weight excluding hydrogens is 484 g/mol. The van der Waals surface area contributed by atoms with Crippen molar-refractivity contribution in [3.63, 3.8) is 0 Å². The fourth-order valence-corrected chi connectivity index (χ4v) is 11.4. The summed E-state index contributed by atoms with van der Waals surface area (Å²) in [5, 5.41) is 0.287. The van der Waals surface area contributed by atoms with Crippen molar-refractivity contribution in [3.8, 4) is 0 Å². The van der Waals surface area contributed by atoms with E-state index in [1.54, 1.807) is 7.11 Å². The first kappa shape index (κ1) is 30.6. The van der Waals surface area contributed by atoms with Gasteiger partial charge >= 0.3 is 5.97 Å². The molecule has 0 bridgehead atoms. The van der Waals surface area contributed by atoms with Gasteiger partial charge in [0.15, 0.2) is 8.32 Å². The van der Waals surface area contributed by atoms with Gasteiger partial charge in [-0.05, 0) is 129 Å². The van der Waals surface area contributed by atoms with Gasteiger partial charge in [0.25, 0.3) is 0 Å². The van der Waals surface area contributed by atoms with Crippen molar-refractivity contribution in [2.24, 2.45) is 52.3 Å². The van der Waals surface area contributed by atoms with Crippen molar-refractivity contribution in [2.45, 2.75) is 150 Å². The van der Waals surface area contributed by atoms with E-state index in [1.165, 1.54) is 64.2 Å². The van der Waals surface area contributed by atoms with Gasteiger partial charge in [-0.15, -0.1) is 0 Å². The zero-order valence-electron chi connectivity index (χ0n) is 26.8. The highest BCUT2D eigenvalue weighted by Gasteiger charge is 2.61. The fraction of sp³-hybridized carbons (Fsp3) is 0.971. The minimum atomic E-state index is -1.72. The first-order chi connectivity index (χ1) is 17.6. The molecule has 4 aliphatic rings. The molecule has 4 aliphatic carbocycles. The highest BCUT2D eigenvalue weighted by molar-refractivity contribution is 6.74. The third-order valence-electron chi connectivity index (χ3n) is 13.2. The number of esters is 1. The van der Waals surface area contributed by atoms with Crippen molar-refractivity contribution < 1.29 is 14.0 Å². The van der Waals surface area contributed by atoms with Gasteiger partial charge in [-0.2, -0.15) is 0 Å². The van der Waals surface area contributed by atoms with Gasteiger partial charge in [0.1, 0.15) is 0 Å². The van der Waals surface area contributed by atoms with Gasteiger partial charge in [0, 0.05) is 6.10 Å². The van der Waals surface area contributed by atoms with Crippen LogP contribution in [-0.2, 0) is 14.0 Å². The molecule has 0 aromatic carbocycles. The number of fused-ring (bicyclic) bond motifs is 5. The molecule has 3 nitrogen and oxygen atoms in total. The third kappa shape index (κ3) is 5.57. The molecule has 0 aromatic heterocycles. The SMILES string of the molecule is COC(=O)[C@H](CCCC(C)C)[C@H]1CC[C@H]2[C@@H]3CC[C@H]4C[C@@H](O[Si](C)(C)C(C)(C)C)CC[C@]4(C)[C@H]3CC[C@]12C. The van der Waals surface area contributed by atoms with Crippen LogP contribution in [0.25, 0.3) is 0 Å². The Bertz CT molecular complexity index is 830. The quantitative estimate of drug-likeness (QED) is 0.224. The Labute approximate surface area is 237 Å². The molecule has 4 saturated carbocycles. The molecule has 0 amide bonds. The van der Waals surface area contributed by atoms with Crippen LogP contribution in [0, 0.1) is 52.3 Å². The van der Waals surface area contributed by atoms with E-state index in [4.69, 9.17) is 9.16 Å². The fourth-order valence-electron chi connectivity index (χ4n) is 10.0. The van der Waals surface area contributed by atoms with Crippen LogP contribution in [-0.4, -0.2) is 27.5 Å². The van der Waals surface area contributed by atoms with E-state index < -0.39 is 8.32 Å². The molecule has 38 heavy (non-hydrogen) atoms. The van der Waals surface area contributed by atoms with Gasteiger partial charge in [0.05, 0.1) is 13.0 Å². The summed E-state index contributed by atoms with van der Waals surface area (Å²) in [6.45, 7) is 21.8. The summed E-state index contributed by atoms with van der Waals surface area (Å²) in [6, 6.07) is 0. The van der Waals surface area contributed by atoms with Gasteiger partial charge in [-0.1, -0.05) is 61.3 Å². The summed E-state index contributed by atoms with van der Waals surface area (Å²) < 4.78 is 12.4. The normalized spacial score (nSPS) is 40.3. The number of ether oxygens (including phenoxy) is 1. The molecule has 0 aliphatic heterocycles. The summed E-state index contributed by atoms with van der Waals surface area (Å²) in [5.74, 6) is 4.71. The van der Waals surface area contributed by atoms with Crippen LogP contribution < -0.4 is 0 Å². The molecule has 0 unspecified atom stereocenters. The average Bonchev–Trinajstić information content (AvgIpc) is 3.17. The van der Waals surface area contributed by atoms with Crippen molar-refractivity contribution in [3.05, 3.63) is 0 Å². The lowest BCUT2D eigenvalue weighted by Crippen LogP contribution is -2.55. The van der Waals surface area contributed by atoms with Crippen molar-refractivity contribution in [1.82, 2.24) is 0 Å². The second-order valence-corrected chi connectivity index (χ2v) is 21.4. The highest BCUT2D eigenvalue weighted by atomic mass is 28.4. The van der Waals surface area contributed by atoms with Crippen LogP contribution in [0.5, 0.6) is 0 Å². The molecule has 9 atom stereocenters. The smallest absolute Gasteiger partial charge is 0.308 e. The molecule has 220 valence electrons. The third-order valence-corrected chi connectivity index (χ3v) is 17.8. The van der Waals surface area contributed by atoms with E-state index in [9.17, 15) is 4.79 Å². The molecule has 4 fully saturated rings. The second-order valence-electron chi connectivity index (χ2n) is 16.6. The Hall–Kier alpha value is -0.353. The summed E-state index contributed by atoms with van der Waals surface area (Å²) in [4.78, 5) is 13.1. The Morgan fingerprint density at radius 1 is 0.921 bits per heavy atom. The predicted molar refractivity (Wildman–Crippen MR) is 161 cm³/mol. The standard InChI is InChI=1S/C34H62O3Si/c1-23(2)12-11-13-27(31(35)36-8)29-17-16-28-26-15-14-24-22-25(37-38(9,10)32(3,4)5)18-20-33(24,6)30(26)19-21-34(28,29)7/h23-30H,11-22H2,1-10H3/t24-,25-,26-,27+,28-,29+,30-,33-,34-/m0/s1. The van der Waals surface area contributed by atoms with Crippen molar-refractivity contribution in [1.29, 1.82) is 0 Å². The molecular formula is C34H62O3Si. The number of hydrogen-bond acceptors (Lipinski definition) is 3. The monoisotopic (exact) mass is 546 g/mol. The lowest BCUT2D eigenvalue weighted by Gasteiger charge is -2.61. The molecule has 0 heterocycles. The number of hydrogen-bond donors (Lipinski definition) is 0. The Kier molecular flexibility index (Phi) is 8.97. The van der Waals surface area contributed by atoms with Crippen molar-refractivity contribution >= 4 is 14.3 Å².